The topological polar surface area (TPSA) is 75.2 Å². The SMILES string of the molecule is CN=C(NCc1cccc(OCCOC)c1)NCC1CC(=O)N(CCc2ccccc2)C1.I. The highest BCUT2D eigenvalue weighted by Crippen LogP contribution is 2.18. The normalized spacial score (nSPS) is 15.8. The van der Waals surface area contributed by atoms with Crippen LogP contribution in [-0.4, -0.2) is 63.8 Å². The van der Waals surface area contributed by atoms with Gasteiger partial charge in [-0.2, -0.15) is 0 Å². The summed E-state index contributed by atoms with van der Waals surface area (Å²) in [6, 6.07) is 18.3. The first-order valence-corrected chi connectivity index (χ1v) is 11.1. The summed E-state index contributed by atoms with van der Waals surface area (Å²) in [5.74, 6) is 2.07. The number of likely N-dealkylation sites (tertiary alicyclic amines) is 1. The standard InChI is InChI=1S/C25H34N4O3.HI/c1-26-25(27-17-21-9-6-10-23(15-21)32-14-13-31-2)28-18-22-16-24(30)29(19-22)12-11-20-7-4-3-5-8-20;/h3-10,15,22H,11-14,16-19H2,1-2H3,(H2,26,27,28);1H. The molecule has 0 aromatic heterocycles. The molecule has 0 saturated carbocycles. The van der Waals surface area contributed by atoms with Gasteiger partial charge in [0.05, 0.1) is 6.61 Å². The monoisotopic (exact) mass is 566 g/mol. The van der Waals surface area contributed by atoms with Gasteiger partial charge in [0.15, 0.2) is 5.96 Å². The molecule has 1 fully saturated rings. The molecule has 1 amide bonds. The molecule has 1 saturated heterocycles. The average Bonchev–Trinajstić information content (AvgIpc) is 3.18. The molecular formula is C25H35IN4O3. The third-order valence-corrected chi connectivity index (χ3v) is 5.50. The van der Waals surface area contributed by atoms with Crippen LogP contribution >= 0.6 is 24.0 Å². The lowest BCUT2D eigenvalue weighted by Gasteiger charge is -2.18. The van der Waals surface area contributed by atoms with Crippen LogP contribution in [-0.2, 0) is 22.5 Å². The molecule has 0 spiro atoms. The Labute approximate surface area is 214 Å². The zero-order chi connectivity index (χ0) is 22.6. The van der Waals surface area contributed by atoms with Crippen LogP contribution < -0.4 is 15.4 Å². The number of aliphatic imine (C=N–C) groups is 1. The van der Waals surface area contributed by atoms with Gasteiger partial charge < -0.3 is 25.0 Å². The van der Waals surface area contributed by atoms with Crippen molar-refractivity contribution in [1.29, 1.82) is 0 Å². The number of guanidine groups is 1. The van der Waals surface area contributed by atoms with E-state index in [1.807, 2.05) is 47.4 Å². The Morgan fingerprint density at radius 1 is 1.09 bits per heavy atom. The van der Waals surface area contributed by atoms with E-state index >= 15 is 0 Å². The first-order valence-electron chi connectivity index (χ1n) is 11.1. The lowest BCUT2D eigenvalue weighted by molar-refractivity contribution is -0.127. The van der Waals surface area contributed by atoms with Crippen molar-refractivity contribution in [2.24, 2.45) is 10.9 Å². The number of carbonyl (C=O) groups excluding carboxylic acids is 1. The Morgan fingerprint density at radius 2 is 1.88 bits per heavy atom. The number of carbonyl (C=O) groups is 1. The Balaban J connectivity index is 0.00000385. The zero-order valence-corrected chi connectivity index (χ0v) is 21.8. The van der Waals surface area contributed by atoms with Crippen LogP contribution in [0.3, 0.4) is 0 Å². The number of methoxy groups -OCH3 is 1. The number of nitrogens with one attached hydrogen (secondary N) is 2. The van der Waals surface area contributed by atoms with Crippen LogP contribution in [0.5, 0.6) is 5.75 Å². The molecule has 2 aromatic rings. The van der Waals surface area contributed by atoms with E-state index in [1.165, 1.54) is 5.56 Å². The van der Waals surface area contributed by atoms with E-state index in [4.69, 9.17) is 9.47 Å². The number of amides is 1. The maximum Gasteiger partial charge on any atom is 0.223 e. The van der Waals surface area contributed by atoms with Crippen LogP contribution in [0.25, 0.3) is 0 Å². The third kappa shape index (κ3) is 9.21. The number of ether oxygens (including phenoxy) is 2. The van der Waals surface area contributed by atoms with Crippen LogP contribution in [0.1, 0.15) is 17.5 Å². The molecule has 3 rings (SSSR count). The molecule has 0 radical (unpaired) electrons. The minimum Gasteiger partial charge on any atom is -0.491 e. The lowest BCUT2D eigenvalue weighted by Crippen LogP contribution is -2.40. The fourth-order valence-corrected chi connectivity index (χ4v) is 3.75. The van der Waals surface area contributed by atoms with Crippen LogP contribution in [0.15, 0.2) is 59.6 Å². The molecule has 7 nitrogen and oxygen atoms in total. The Kier molecular flexibility index (Phi) is 12.0. The van der Waals surface area contributed by atoms with Crippen molar-refractivity contribution in [3.63, 3.8) is 0 Å². The van der Waals surface area contributed by atoms with Gasteiger partial charge in [0.2, 0.25) is 5.91 Å². The van der Waals surface area contributed by atoms with Gasteiger partial charge in [-0.25, -0.2) is 0 Å². The number of hydrogen-bond donors (Lipinski definition) is 2. The minimum atomic E-state index is 0. The summed E-state index contributed by atoms with van der Waals surface area (Å²) >= 11 is 0. The van der Waals surface area contributed by atoms with Crippen LogP contribution in [0.4, 0.5) is 0 Å². The fraction of sp³-hybridized carbons (Fsp3) is 0.440. The summed E-state index contributed by atoms with van der Waals surface area (Å²) in [7, 11) is 3.41. The molecule has 1 atom stereocenters. The van der Waals surface area contributed by atoms with E-state index in [2.05, 4.69) is 27.8 Å². The Bertz CT molecular complexity index is 879. The second-order valence-electron chi connectivity index (χ2n) is 7.94. The van der Waals surface area contributed by atoms with E-state index in [9.17, 15) is 4.79 Å². The van der Waals surface area contributed by atoms with Gasteiger partial charge in [-0.1, -0.05) is 42.5 Å². The predicted octanol–water partition coefficient (Wildman–Crippen LogP) is 3.09. The average molecular weight is 566 g/mol. The molecule has 1 aliphatic heterocycles. The van der Waals surface area contributed by atoms with E-state index in [0.717, 1.165) is 36.8 Å². The number of benzene rings is 2. The zero-order valence-electron chi connectivity index (χ0n) is 19.5. The van der Waals surface area contributed by atoms with Gasteiger partial charge >= 0.3 is 0 Å². The maximum atomic E-state index is 12.4. The lowest BCUT2D eigenvalue weighted by atomic mass is 10.1. The van der Waals surface area contributed by atoms with Crippen molar-refractivity contribution in [3.8, 4) is 5.75 Å². The molecule has 2 aromatic carbocycles. The Hall–Kier alpha value is -2.33. The largest absolute Gasteiger partial charge is 0.491 e. The second-order valence-corrected chi connectivity index (χ2v) is 7.94. The Morgan fingerprint density at radius 3 is 2.64 bits per heavy atom. The van der Waals surface area contributed by atoms with Crippen molar-refractivity contribution < 1.29 is 14.3 Å². The summed E-state index contributed by atoms with van der Waals surface area (Å²) in [6.45, 7) is 4.00. The van der Waals surface area contributed by atoms with Crippen molar-refractivity contribution >= 4 is 35.8 Å². The minimum absolute atomic E-state index is 0. The summed E-state index contributed by atoms with van der Waals surface area (Å²) in [4.78, 5) is 18.7. The maximum absolute atomic E-state index is 12.4. The molecule has 8 heteroatoms. The smallest absolute Gasteiger partial charge is 0.223 e. The molecule has 1 heterocycles. The van der Waals surface area contributed by atoms with E-state index in [-0.39, 0.29) is 35.8 Å². The number of nitrogens with zero attached hydrogens (tertiary/aromatic N) is 2. The molecule has 180 valence electrons. The summed E-state index contributed by atoms with van der Waals surface area (Å²) < 4.78 is 10.7. The number of rotatable bonds is 11. The van der Waals surface area contributed by atoms with Crippen LogP contribution in [0.2, 0.25) is 0 Å². The van der Waals surface area contributed by atoms with Crippen molar-refractivity contribution in [2.75, 3.05) is 47.0 Å². The number of halogens is 1. The highest BCUT2D eigenvalue weighted by atomic mass is 127. The summed E-state index contributed by atoms with van der Waals surface area (Å²) in [6.07, 6.45) is 1.48. The fourth-order valence-electron chi connectivity index (χ4n) is 3.75. The van der Waals surface area contributed by atoms with Gasteiger partial charge in [-0.3, -0.25) is 9.79 Å². The summed E-state index contributed by atoms with van der Waals surface area (Å²) in [5.41, 5.74) is 2.37. The van der Waals surface area contributed by atoms with Crippen LogP contribution in [0, 0.1) is 5.92 Å². The van der Waals surface area contributed by atoms with Crippen molar-refractivity contribution in [3.05, 3.63) is 65.7 Å². The molecule has 33 heavy (non-hydrogen) atoms. The molecule has 2 N–H and O–H groups in total. The number of hydrogen-bond acceptors (Lipinski definition) is 4. The molecule has 1 aliphatic rings. The van der Waals surface area contributed by atoms with E-state index in [1.54, 1.807) is 14.2 Å². The first kappa shape index (κ1) is 26.9. The predicted molar refractivity (Wildman–Crippen MR) is 142 cm³/mol. The van der Waals surface area contributed by atoms with Crippen molar-refractivity contribution in [1.82, 2.24) is 15.5 Å². The molecule has 0 bridgehead atoms. The van der Waals surface area contributed by atoms with Gasteiger partial charge in [-0.05, 0) is 29.7 Å². The van der Waals surface area contributed by atoms with Gasteiger partial charge in [0, 0.05) is 52.7 Å². The van der Waals surface area contributed by atoms with Gasteiger partial charge in [0.25, 0.3) is 0 Å². The van der Waals surface area contributed by atoms with E-state index in [0.29, 0.717) is 32.7 Å². The van der Waals surface area contributed by atoms with Crippen molar-refractivity contribution in [2.45, 2.75) is 19.4 Å². The third-order valence-electron chi connectivity index (χ3n) is 5.50. The quantitative estimate of drug-likeness (QED) is 0.189. The van der Waals surface area contributed by atoms with Gasteiger partial charge in [-0.15, -0.1) is 24.0 Å². The molecular weight excluding hydrogens is 531 g/mol. The molecule has 1 unspecified atom stereocenters. The first-order chi connectivity index (χ1) is 15.7. The summed E-state index contributed by atoms with van der Waals surface area (Å²) in [5, 5.41) is 6.70. The van der Waals surface area contributed by atoms with Gasteiger partial charge in [0.1, 0.15) is 12.4 Å². The molecule has 0 aliphatic carbocycles. The van der Waals surface area contributed by atoms with E-state index < -0.39 is 0 Å². The highest BCUT2D eigenvalue weighted by molar-refractivity contribution is 14.0. The second kappa shape index (κ2) is 14.7. The highest BCUT2D eigenvalue weighted by Gasteiger charge is 2.29.